The highest BCUT2D eigenvalue weighted by molar-refractivity contribution is 6.30. The average Bonchev–Trinajstić information content (AvgIpc) is 2.64. The molecule has 1 aromatic carbocycles. The van der Waals surface area contributed by atoms with Crippen molar-refractivity contribution in [1.82, 2.24) is 0 Å². The predicted molar refractivity (Wildman–Crippen MR) is 69.4 cm³/mol. The smallest absolute Gasteiger partial charge is 0.237 e. The third-order valence-corrected chi connectivity index (χ3v) is 4.18. The number of rotatable bonds is 1. The Labute approximate surface area is 111 Å². The molecule has 3 rings (SSSR count). The van der Waals surface area contributed by atoms with Crippen LogP contribution in [-0.4, -0.2) is 11.8 Å². The van der Waals surface area contributed by atoms with Gasteiger partial charge in [0.2, 0.25) is 11.8 Å². The van der Waals surface area contributed by atoms with Crippen molar-refractivity contribution >= 4 is 29.1 Å². The number of benzene rings is 1. The Balaban J connectivity index is 1.95. The fraction of sp³-hybridized carbons (Fsp3) is 0.429. The minimum atomic E-state index is -0.0954. The molecule has 1 saturated carbocycles. The first-order valence-corrected chi connectivity index (χ1v) is 6.69. The van der Waals surface area contributed by atoms with Gasteiger partial charge in [-0.1, -0.05) is 24.4 Å². The predicted octanol–water partition coefficient (Wildman–Crippen LogP) is 3.02. The van der Waals surface area contributed by atoms with Crippen LogP contribution in [0.15, 0.2) is 24.3 Å². The number of imide groups is 1. The van der Waals surface area contributed by atoms with Crippen LogP contribution < -0.4 is 4.90 Å². The van der Waals surface area contributed by atoms with Crippen LogP contribution in [0.5, 0.6) is 0 Å². The van der Waals surface area contributed by atoms with E-state index in [1.807, 2.05) is 0 Å². The van der Waals surface area contributed by atoms with Gasteiger partial charge < -0.3 is 0 Å². The first-order valence-electron chi connectivity index (χ1n) is 6.32. The van der Waals surface area contributed by atoms with Gasteiger partial charge in [0.05, 0.1) is 17.5 Å². The third-order valence-electron chi connectivity index (χ3n) is 3.93. The number of anilines is 1. The molecule has 4 heteroatoms. The molecule has 1 saturated heterocycles. The molecule has 3 nitrogen and oxygen atoms in total. The highest BCUT2D eigenvalue weighted by Gasteiger charge is 2.48. The maximum atomic E-state index is 12.3. The number of nitrogens with zero attached hydrogens (tertiary/aromatic N) is 1. The first kappa shape index (κ1) is 11.7. The Kier molecular flexibility index (Phi) is 2.86. The summed E-state index contributed by atoms with van der Waals surface area (Å²) >= 11 is 5.82. The number of carbonyl (C=O) groups excluding carboxylic acids is 2. The molecule has 1 aliphatic carbocycles. The lowest BCUT2D eigenvalue weighted by atomic mass is 9.81. The lowest BCUT2D eigenvalue weighted by Crippen LogP contribution is -2.30. The van der Waals surface area contributed by atoms with E-state index in [0.29, 0.717) is 10.7 Å². The molecule has 94 valence electrons. The normalized spacial score (nSPS) is 27.5. The van der Waals surface area contributed by atoms with E-state index >= 15 is 0 Å². The Hall–Kier alpha value is -1.35. The molecule has 1 aromatic rings. The molecular weight excluding hydrogens is 250 g/mol. The number of amides is 2. The van der Waals surface area contributed by atoms with E-state index in [1.165, 1.54) is 4.90 Å². The Morgan fingerprint density at radius 3 is 1.94 bits per heavy atom. The summed E-state index contributed by atoms with van der Waals surface area (Å²) in [5, 5.41) is 0.607. The van der Waals surface area contributed by atoms with Gasteiger partial charge >= 0.3 is 0 Å². The molecule has 1 aliphatic heterocycles. The van der Waals surface area contributed by atoms with Crippen LogP contribution in [0.2, 0.25) is 5.02 Å². The zero-order valence-electron chi connectivity index (χ0n) is 9.93. The van der Waals surface area contributed by atoms with E-state index in [0.717, 1.165) is 25.7 Å². The van der Waals surface area contributed by atoms with Crippen molar-refractivity contribution in [2.24, 2.45) is 11.8 Å². The number of carbonyl (C=O) groups is 2. The molecular formula is C14H14ClNO2. The van der Waals surface area contributed by atoms with Gasteiger partial charge in [0.15, 0.2) is 0 Å². The van der Waals surface area contributed by atoms with Crippen LogP contribution in [0.1, 0.15) is 25.7 Å². The van der Waals surface area contributed by atoms with Crippen molar-refractivity contribution in [3.8, 4) is 0 Å². The van der Waals surface area contributed by atoms with Gasteiger partial charge in [-0.3, -0.25) is 14.5 Å². The SMILES string of the molecule is O=C1[C@@H]2CCCC[C@H]2C(=O)N1c1ccc(Cl)cc1. The number of halogens is 1. The third kappa shape index (κ3) is 1.74. The van der Waals surface area contributed by atoms with Crippen LogP contribution >= 0.6 is 11.6 Å². The second kappa shape index (κ2) is 4.39. The summed E-state index contributed by atoms with van der Waals surface area (Å²) in [5.41, 5.74) is 0.642. The molecule has 0 bridgehead atoms. The van der Waals surface area contributed by atoms with E-state index in [9.17, 15) is 9.59 Å². The molecule has 0 radical (unpaired) electrons. The number of fused-ring (bicyclic) bond motifs is 1. The molecule has 0 spiro atoms. The van der Waals surface area contributed by atoms with Gasteiger partial charge in [0, 0.05) is 5.02 Å². The maximum Gasteiger partial charge on any atom is 0.237 e. The second-order valence-electron chi connectivity index (χ2n) is 4.99. The van der Waals surface area contributed by atoms with Gasteiger partial charge in [-0.2, -0.15) is 0 Å². The molecule has 2 amide bonds. The lowest BCUT2D eigenvalue weighted by molar-refractivity contribution is -0.122. The van der Waals surface area contributed by atoms with Crippen molar-refractivity contribution in [3.63, 3.8) is 0 Å². The number of hydrogen-bond acceptors (Lipinski definition) is 2. The Bertz CT molecular complexity index is 473. The topological polar surface area (TPSA) is 37.4 Å². The van der Waals surface area contributed by atoms with Crippen molar-refractivity contribution in [2.45, 2.75) is 25.7 Å². The summed E-state index contributed by atoms with van der Waals surface area (Å²) in [6, 6.07) is 6.88. The zero-order valence-corrected chi connectivity index (χ0v) is 10.7. The van der Waals surface area contributed by atoms with Gasteiger partial charge in [0.1, 0.15) is 0 Å². The molecule has 2 fully saturated rings. The van der Waals surface area contributed by atoms with Crippen LogP contribution in [0, 0.1) is 11.8 Å². The summed E-state index contributed by atoms with van der Waals surface area (Å²) in [7, 11) is 0. The van der Waals surface area contributed by atoms with Crippen LogP contribution in [0.3, 0.4) is 0 Å². The molecule has 0 N–H and O–H groups in total. The summed E-state index contributed by atoms with van der Waals surface area (Å²) in [4.78, 5) is 26.0. The van der Waals surface area contributed by atoms with Gasteiger partial charge in [-0.25, -0.2) is 0 Å². The van der Waals surface area contributed by atoms with E-state index in [-0.39, 0.29) is 23.7 Å². The quantitative estimate of drug-likeness (QED) is 0.731. The van der Waals surface area contributed by atoms with E-state index in [2.05, 4.69) is 0 Å². The molecule has 0 aromatic heterocycles. The first-order chi connectivity index (χ1) is 8.68. The fourth-order valence-corrected chi connectivity index (χ4v) is 3.13. The summed E-state index contributed by atoms with van der Waals surface area (Å²) < 4.78 is 0. The molecule has 2 atom stereocenters. The monoisotopic (exact) mass is 263 g/mol. The van der Waals surface area contributed by atoms with Crippen LogP contribution in [-0.2, 0) is 9.59 Å². The van der Waals surface area contributed by atoms with Crippen molar-refractivity contribution < 1.29 is 9.59 Å². The highest BCUT2D eigenvalue weighted by atomic mass is 35.5. The van der Waals surface area contributed by atoms with Gasteiger partial charge in [-0.15, -0.1) is 0 Å². The van der Waals surface area contributed by atoms with E-state index in [4.69, 9.17) is 11.6 Å². The maximum absolute atomic E-state index is 12.3. The van der Waals surface area contributed by atoms with Crippen molar-refractivity contribution in [2.75, 3.05) is 4.90 Å². The Morgan fingerprint density at radius 1 is 0.944 bits per heavy atom. The standard InChI is InChI=1S/C14H14ClNO2/c15-9-5-7-10(8-6-9)16-13(17)11-3-1-2-4-12(11)14(16)18/h5-8,11-12H,1-4H2/t11-,12-/m1/s1. The molecule has 1 heterocycles. The largest absolute Gasteiger partial charge is 0.274 e. The van der Waals surface area contributed by atoms with Crippen LogP contribution in [0.25, 0.3) is 0 Å². The average molecular weight is 264 g/mol. The zero-order chi connectivity index (χ0) is 12.7. The minimum Gasteiger partial charge on any atom is -0.274 e. The lowest BCUT2D eigenvalue weighted by Gasteiger charge is -2.19. The second-order valence-corrected chi connectivity index (χ2v) is 5.42. The van der Waals surface area contributed by atoms with Crippen molar-refractivity contribution in [3.05, 3.63) is 29.3 Å². The van der Waals surface area contributed by atoms with Crippen molar-refractivity contribution in [1.29, 1.82) is 0 Å². The number of hydrogen-bond donors (Lipinski definition) is 0. The van der Waals surface area contributed by atoms with Gasteiger partial charge in [-0.05, 0) is 37.1 Å². The van der Waals surface area contributed by atoms with E-state index in [1.54, 1.807) is 24.3 Å². The Morgan fingerprint density at radius 2 is 1.44 bits per heavy atom. The summed E-state index contributed by atoms with van der Waals surface area (Å²) in [6.07, 6.45) is 3.79. The fourth-order valence-electron chi connectivity index (χ4n) is 3.01. The summed E-state index contributed by atoms with van der Waals surface area (Å²) in [6.45, 7) is 0. The highest BCUT2D eigenvalue weighted by Crippen LogP contribution is 2.40. The summed E-state index contributed by atoms with van der Waals surface area (Å²) in [5.74, 6) is -0.261. The van der Waals surface area contributed by atoms with E-state index < -0.39 is 0 Å². The molecule has 0 unspecified atom stereocenters. The van der Waals surface area contributed by atoms with Gasteiger partial charge in [0.25, 0.3) is 0 Å². The molecule has 2 aliphatic rings. The van der Waals surface area contributed by atoms with Crippen LogP contribution in [0.4, 0.5) is 5.69 Å². The minimum absolute atomic E-state index is 0.0352. The molecule has 18 heavy (non-hydrogen) atoms.